The minimum Gasteiger partial charge on any atom is -0.493 e. The van der Waals surface area contributed by atoms with E-state index in [1.165, 1.54) is 19.4 Å². The number of hydrogen-bond donors (Lipinski definition) is 2. The Labute approximate surface area is 256 Å². The molecule has 1 saturated heterocycles. The lowest BCUT2D eigenvalue weighted by Crippen LogP contribution is -2.38. The van der Waals surface area contributed by atoms with Crippen LogP contribution in [-0.4, -0.2) is 49.8 Å². The first-order valence-electron chi connectivity index (χ1n) is 15.6. The molecule has 0 bridgehead atoms. The highest BCUT2D eigenvalue weighted by atomic mass is 16.5. The van der Waals surface area contributed by atoms with Gasteiger partial charge in [0.25, 0.3) is 0 Å². The van der Waals surface area contributed by atoms with Gasteiger partial charge in [0.2, 0.25) is 0 Å². The van der Waals surface area contributed by atoms with Crippen LogP contribution in [0.5, 0.6) is 28.7 Å². The molecule has 8 heteroatoms. The van der Waals surface area contributed by atoms with Crippen LogP contribution in [0, 0.1) is 0 Å². The van der Waals surface area contributed by atoms with Crippen molar-refractivity contribution in [1.82, 2.24) is 10.2 Å². The topological polar surface area (TPSA) is 81.3 Å². The smallest absolute Gasteiger partial charge is 0.319 e. The van der Waals surface area contributed by atoms with Crippen LogP contribution < -0.4 is 29.6 Å². The molecule has 0 atom stereocenters. The van der Waals surface area contributed by atoms with E-state index in [2.05, 4.69) is 36.3 Å². The minimum absolute atomic E-state index is 0.145. The van der Waals surface area contributed by atoms with Crippen LogP contribution in [-0.2, 0) is 6.61 Å². The van der Waals surface area contributed by atoms with Gasteiger partial charge < -0.3 is 34.5 Å². The summed E-state index contributed by atoms with van der Waals surface area (Å²) in [4.78, 5) is 14.8. The summed E-state index contributed by atoms with van der Waals surface area (Å²) in [6.07, 6.45) is 6.72. The van der Waals surface area contributed by atoms with Gasteiger partial charge in [-0.3, -0.25) is 0 Å². The van der Waals surface area contributed by atoms with Crippen molar-refractivity contribution in [2.75, 3.05) is 32.1 Å². The van der Waals surface area contributed by atoms with E-state index >= 15 is 0 Å². The number of nitrogens with one attached hydrogen (secondary N) is 2. The number of unbranched alkanes of at least 4 members (excludes halogenated alkanes) is 1. The SMILES string of the molecule is CCCCN1CCC(Oc2ccc(OCc3ccc(Oc4ccc(NC(=O)NC(CC)CC)cc4OC)cc3)cc2)CC1. The number of methoxy groups -OCH3 is 1. The van der Waals surface area contributed by atoms with E-state index in [-0.39, 0.29) is 18.2 Å². The Hall–Kier alpha value is -3.91. The molecule has 1 aliphatic heterocycles. The monoisotopic (exact) mass is 589 g/mol. The summed E-state index contributed by atoms with van der Waals surface area (Å²) >= 11 is 0. The van der Waals surface area contributed by atoms with Crippen LogP contribution in [0.2, 0.25) is 0 Å². The molecule has 0 unspecified atom stereocenters. The Balaban J connectivity index is 1.23. The second-order valence-corrected chi connectivity index (χ2v) is 11.0. The number of likely N-dealkylation sites (tertiary alicyclic amines) is 1. The summed E-state index contributed by atoms with van der Waals surface area (Å²) in [5.74, 6) is 3.45. The van der Waals surface area contributed by atoms with Gasteiger partial charge in [0.1, 0.15) is 30.0 Å². The molecule has 2 N–H and O–H groups in total. The number of benzene rings is 3. The second-order valence-electron chi connectivity index (χ2n) is 11.0. The number of carbonyl (C=O) groups is 1. The highest BCUT2D eigenvalue weighted by Gasteiger charge is 2.20. The van der Waals surface area contributed by atoms with Crippen LogP contribution in [0.3, 0.4) is 0 Å². The lowest BCUT2D eigenvalue weighted by atomic mass is 10.1. The maximum Gasteiger partial charge on any atom is 0.319 e. The molecule has 1 heterocycles. The number of amides is 2. The molecule has 0 aliphatic carbocycles. The van der Waals surface area contributed by atoms with Crippen molar-refractivity contribution in [3.05, 3.63) is 72.3 Å². The number of nitrogens with zero attached hydrogens (tertiary/aromatic N) is 1. The average Bonchev–Trinajstić information content (AvgIpc) is 3.04. The van der Waals surface area contributed by atoms with Crippen molar-refractivity contribution in [2.45, 2.75) is 78.0 Å². The first-order valence-corrected chi connectivity index (χ1v) is 15.6. The molecule has 232 valence electrons. The fourth-order valence-corrected chi connectivity index (χ4v) is 5.06. The van der Waals surface area contributed by atoms with Gasteiger partial charge in [-0.1, -0.05) is 39.3 Å². The molecular weight excluding hydrogens is 542 g/mol. The van der Waals surface area contributed by atoms with Crippen molar-refractivity contribution in [3.63, 3.8) is 0 Å². The zero-order chi connectivity index (χ0) is 30.4. The summed E-state index contributed by atoms with van der Waals surface area (Å²) in [5.41, 5.74) is 1.65. The van der Waals surface area contributed by atoms with Crippen molar-refractivity contribution >= 4 is 11.7 Å². The quantitative estimate of drug-likeness (QED) is 0.187. The lowest BCUT2D eigenvalue weighted by Gasteiger charge is -2.32. The fraction of sp³-hybridized carbons (Fsp3) is 0.457. The van der Waals surface area contributed by atoms with Gasteiger partial charge >= 0.3 is 6.03 Å². The first kappa shape index (κ1) is 32.0. The molecule has 1 aliphatic rings. The van der Waals surface area contributed by atoms with E-state index in [1.54, 1.807) is 25.3 Å². The van der Waals surface area contributed by atoms with E-state index < -0.39 is 0 Å². The van der Waals surface area contributed by atoms with E-state index in [0.717, 1.165) is 55.8 Å². The van der Waals surface area contributed by atoms with Gasteiger partial charge in [-0.2, -0.15) is 0 Å². The highest BCUT2D eigenvalue weighted by Crippen LogP contribution is 2.34. The average molecular weight is 590 g/mol. The zero-order valence-corrected chi connectivity index (χ0v) is 26.1. The Morgan fingerprint density at radius 1 is 0.884 bits per heavy atom. The second kappa shape index (κ2) is 16.7. The summed E-state index contributed by atoms with van der Waals surface area (Å²) in [5, 5.41) is 5.83. The third kappa shape index (κ3) is 10.1. The number of ether oxygens (including phenoxy) is 4. The van der Waals surface area contributed by atoms with Gasteiger partial charge in [-0.15, -0.1) is 0 Å². The third-order valence-electron chi connectivity index (χ3n) is 7.79. The molecule has 0 aromatic heterocycles. The normalized spacial score (nSPS) is 13.9. The summed E-state index contributed by atoms with van der Waals surface area (Å²) in [7, 11) is 1.58. The molecule has 43 heavy (non-hydrogen) atoms. The molecule has 4 rings (SSSR count). The lowest BCUT2D eigenvalue weighted by molar-refractivity contribution is 0.0997. The fourth-order valence-electron chi connectivity index (χ4n) is 5.06. The van der Waals surface area contributed by atoms with Gasteiger partial charge in [0.05, 0.1) is 7.11 Å². The van der Waals surface area contributed by atoms with Crippen molar-refractivity contribution in [3.8, 4) is 28.7 Å². The minimum atomic E-state index is -0.236. The predicted molar refractivity (Wildman–Crippen MR) is 172 cm³/mol. The molecule has 3 aromatic carbocycles. The van der Waals surface area contributed by atoms with Crippen LogP contribution in [0.25, 0.3) is 0 Å². The first-order chi connectivity index (χ1) is 21.0. The van der Waals surface area contributed by atoms with Crippen LogP contribution in [0.15, 0.2) is 66.7 Å². The molecule has 2 amide bonds. The van der Waals surface area contributed by atoms with Gasteiger partial charge in [0, 0.05) is 30.9 Å². The molecule has 8 nitrogen and oxygen atoms in total. The van der Waals surface area contributed by atoms with E-state index in [0.29, 0.717) is 29.5 Å². The van der Waals surface area contributed by atoms with Gasteiger partial charge in [-0.05, 0) is 92.7 Å². The van der Waals surface area contributed by atoms with Crippen LogP contribution >= 0.6 is 0 Å². The summed E-state index contributed by atoms with van der Waals surface area (Å²) < 4.78 is 23.8. The van der Waals surface area contributed by atoms with Gasteiger partial charge in [0.15, 0.2) is 11.5 Å². The molecule has 0 spiro atoms. The van der Waals surface area contributed by atoms with E-state index in [9.17, 15) is 4.79 Å². The number of piperidine rings is 1. The molecule has 3 aromatic rings. The Morgan fingerprint density at radius 2 is 1.56 bits per heavy atom. The van der Waals surface area contributed by atoms with Gasteiger partial charge in [-0.25, -0.2) is 4.79 Å². The molecule has 1 fully saturated rings. The number of anilines is 1. The predicted octanol–water partition coefficient (Wildman–Crippen LogP) is 8.02. The standard InChI is InChI=1S/C35H47N3O5/c1-5-8-21-38-22-19-32(20-23-38)42-30-16-14-29(15-17-30)41-25-26-9-12-31(13-10-26)43-33-18-11-28(24-34(33)40-4)37-35(39)36-27(6-2)7-3/h9-18,24,27,32H,5-8,19-23,25H2,1-4H3,(H2,36,37,39). The molecular formula is C35H47N3O5. The zero-order valence-electron chi connectivity index (χ0n) is 26.1. The highest BCUT2D eigenvalue weighted by molar-refractivity contribution is 5.89. The largest absolute Gasteiger partial charge is 0.493 e. The Morgan fingerprint density at radius 3 is 2.21 bits per heavy atom. The summed E-state index contributed by atoms with van der Waals surface area (Å²) in [6, 6.07) is 20.9. The summed E-state index contributed by atoms with van der Waals surface area (Å²) in [6.45, 7) is 10.2. The Kier molecular flexibility index (Phi) is 12.4. The van der Waals surface area contributed by atoms with Crippen molar-refractivity contribution in [1.29, 1.82) is 0 Å². The van der Waals surface area contributed by atoms with Crippen LogP contribution in [0.1, 0.15) is 64.9 Å². The molecule has 0 radical (unpaired) electrons. The number of hydrogen-bond acceptors (Lipinski definition) is 6. The van der Waals surface area contributed by atoms with Crippen molar-refractivity contribution in [2.24, 2.45) is 0 Å². The number of rotatable bonds is 15. The van der Waals surface area contributed by atoms with E-state index in [1.807, 2.05) is 48.5 Å². The maximum absolute atomic E-state index is 12.3. The van der Waals surface area contributed by atoms with Crippen molar-refractivity contribution < 1.29 is 23.7 Å². The third-order valence-corrected chi connectivity index (χ3v) is 7.79. The number of urea groups is 1. The van der Waals surface area contributed by atoms with E-state index in [4.69, 9.17) is 18.9 Å². The molecule has 0 saturated carbocycles. The number of carbonyl (C=O) groups excluding carboxylic acids is 1. The van der Waals surface area contributed by atoms with Crippen LogP contribution in [0.4, 0.5) is 10.5 Å². The Bertz CT molecular complexity index is 1250. The maximum atomic E-state index is 12.3.